The van der Waals surface area contributed by atoms with Crippen LogP contribution in [0.4, 0.5) is 10.5 Å². The van der Waals surface area contributed by atoms with Gasteiger partial charge in [0.05, 0.1) is 6.54 Å². The topological polar surface area (TPSA) is 55.6 Å². The van der Waals surface area contributed by atoms with Crippen LogP contribution in [0, 0.1) is 6.92 Å². The molecule has 1 heterocycles. The van der Waals surface area contributed by atoms with Crippen molar-refractivity contribution in [2.75, 3.05) is 18.0 Å². The second kappa shape index (κ2) is 3.79. The van der Waals surface area contributed by atoms with Crippen LogP contribution in [0.25, 0.3) is 0 Å². The Labute approximate surface area is 95.0 Å². The first-order chi connectivity index (χ1) is 7.54. The summed E-state index contributed by atoms with van der Waals surface area (Å²) in [5.74, 6) is 0. The maximum absolute atomic E-state index is 11.7. The van der Waals surface area contributed by atoms with Crippen molar-refractivity contribution in [1.82, 2.24) is 0 Å². The maximum Gasteiger partial charge on any atom is 0.415 e. The van der Waals surface area contributed by atoms with Gasteiger partial charge in [-0.2, -0.15) is 0 Å². The van der Waals surface area contributed by atoms with E-state index in [9.17, 15) is 4.79 Å². The van der Waals surface area contributed by atoms with E-state index >= 15 is 0 Å². The van der Waals surface area contributed by atoms with Gasteiger partial charge in [0.25, 0.3) is 0 Å². The summed E-state index contributed by atoms with van der Waals surface area (Å²) >= 11 is 0. The lowest BCUT2D eigenvalue weighted by Crippen LogP contribution is -2.38. The van der Waals surface area contributed by atoms with Crippen molar-refractivity contribution >= 4 is 11.8 Å². The first-order valence-corrected chi connectivity index (χ1v) is 5.31. The van der Waals surface area contributed by atoms with E-state index in [1.165, 1.54) is 0 Å². The Balaban J connectivity index is 2.27. The molecule has 2 N–H and O–H groups in total. The molecule has 1 aliphatic rings. The van der Waals surface area contributed by atoms with Gasteiger partial charge in [-0.25, -0.2) is 4.79 Å². The number of anilines is 1. The minimum atomic E-state index is -0.569. The smallest absolute Gasteiger partial charge is 0.415 e. The molecule has 0 spiro atoms. The second-order valence-electron chi connectivity index (χ2n) is 4.45. The third-order valence-electron chi connectivity index (χ3n) is 2.79. The number of nitrogens with zero attached hydrogens (tertiary/aromatic N) is 1. The molecule has 4 heteroatoms. The molecule has 0 aromatic heterocycles. The Morgan fingerprint density at radius 1 is 1.56 bits per heavy atom. The standard InChI is InChI=1S/C12H16N2O2/c1-9-4-3-5-10(6-9)14-8-12(2,7-13)16-11(14)15/h3-6H,7-8,13H2,1-2H3. The first kappa shape index (κ1) is 11.0. The minimum absolute atomic E-state index is 0.321. The summed E-state index contributed by atoms with van der Waals surface area (Å²) in [6, 6.07) is 7.78. The molecule has 86 valence electrons. The van der Waals surface area contributed by atoms with Crippen LogP contribution >= 0.6 is 0 Å². The number of hydrogen-bond donors (Lipinski definition) is 1. The molecule has 1 aromatic carbocycles. The lowest BCUT2D eigenvalue weighted by Gasteiger charge is -2.19. The predicted molar refractivity (Wildman–Crippen MR) is 62.5 cm³/mol. The first-order valence-electron chi connectivity index (χ1n) is 5.31. The zero-order valence-electron chi connectivity index (χ0n) is 9.56. The van der Waals surface area contributed by atoms with Crippen molar-refractivity contribution in [2.45, 2.75) is 19.4 Å². The fourth-order valence-corrected chi connectivity index (χ4v) is 1.80. The summed E-state index contributed by atoms with van der Waals surface area (Å²) in [5.41, 5.74) is 7.01. The number of amides is 1. The van der Waals surface area contributed by atoms with Gasteiger partial charge in [-0.3, -0.25) is 4.90 Å². The van der Waals surface area contributed by atoms with Crippen LogP contribution in [0.5, 0.6) is 0 Å². The monoisotopic (exact) mass is 220 g/mol. The van der Waals surface area contributed by atoms with Gasteiger partial charge in [0, 0.05) is 12.2 Å². The molecule has 4 nitrogen and oxygen atoms in total. The molecule has 0 aliphatic carbocycles. The third kappa shape index (κ3) is 1.88. The van der Waals surface area contributed by atoms with Gasteiger partial charge in [0.2, 0.25) is 0 Å². The molecule has 1 unspecified atom stereocenters. The zero-order chi connectivity index (χ0) is 11.8. The fourth-order valence-electron chi connectivity index (χ4n) is 1.80. The van der Waals surface area contributed by atoms with Crippen LogP contribution in [0.1, 0.15) is 12.5 Å². The highest BCUT2D eigenvalue weighted by atomic mass is 16.6. The van der Waals surface area contributed by atoms with Crippen LogP contribution in [0.2, 0.25) is 0 Å². The largest absolute Gasteiger partial charge is 0.440 e. The van der Waals surface area contributed by atoms with E-state index in [2.05, 4.69) is 0 Å². The van der Waals surface area contributed by atoms with Gasteiger partial charge >= 0.3 is 6.09 Å². The highest BCUT2D eigenvalue weighted by Crippen LogP contribution is 2.27. The van der Waals surface area contributed by atoms with Crippen molar-refractivity contribution in [3.63, 3.8) is 0 Å². The summed E-state index contributed by atoms with van der Waals surface area (Å²) in [4.78, 5) is 13.3. The number of cyclic esters (lactones) is 1. The van der Waals surface area contributed by atoms with Crippen molar-refractivity contribution in [1.29, 1.82) is 0 Å². The lowest BCUT2D eigenvalue weighted by atomic mass is 10.1. The van der Waals surface area contributed by atoms with E-state index in [0.717, 1.165) is 11.3 Å². The SMILES string of the molecule is Cc1cccc(N2CC(C)(CN)OC2=O)c1. The quantitative estimate of drug-likeness (QED) is 0.824. The molecule has 1 atom stereocenters. The molecular weight excluding hydrogens is 204 g/mol. The molecule has 1 saturated heterocycles. The molecule has 1 amide bonds. The minimum Gasteiger partial charge on any atom is -0.440 e. The molecule has 0 radical (unpaired) electrons. The van der Waals surface area contributed by atoms with E-state index in [4.69, 9.17) is 10.5 Å². The van der Waals surface area contributed by atoms with E-state index in [1.54, 1.807) is 4.90 Å². The second-order valence-corrected chi connectivity index (χ2v) is 4.45. The van der Waals surface area contributed by atoms with E-state index < -0.39 is 5.60 Å². The van der Waals surface area contributed by atoms with Crippen molar-refractivity contribution in [3.05, 3.63) is 29.8 Å². The van der Waals surface area contributed by atoms with Crippen LogP contribution in [0.15, 0.2) is 24.3 Å². The van der Waals surface area contributed by atoms with E-state index in [0.29, 0.717) is 13.1 Å². The van der Waals surface area contributed by atoms with Gasteiger partial charge in [0.1, 0.15) is 5.60 Å². The van der Waals surface area contributed by atoms with Crippen LogP contribution in [-0.2, 0) is 4.74 Å². The summed E-state index contributed by atoms with van der Waals surface area (Å²) < 4.78 is 5.27. The highest BCUT2D eigenvalue weighted by molar-refractivity contribution is 5.90. The molecule has 0 saturated carbocycles. The molecule has 0 bridgehead atoms. The van der Waals surface area contributed by atoms with Crippen molar-refractivity contribution in [3.8, 4) is 0 Å². The maximum atomic E-state index is 11.7. The number of rotatable bonds is 2. The van der Waals surface area contributed by atoms with E-state index in [1.807, 2.05) is 38.1 Å². The van der Waals surface area contributed by atoms with Crippen molar-refractivity contribution in [2.24, 2.45) is 5.73 Å². The van der Waals surface area contributed by atoms with Gasteiger partial charge < -0.3 is 10.5 Å². The lowest BCUT2D eigenvalue weighted by molar-refractivity contribution is 0.0789. The van der Waals surface area contributed by atoms with Crippen LogP contribution < -0.4 is 10.6 Å². The molecule has 1 fully saturated rings. The van der Waals surface area contributed by atoms with Crippen molar-refractivity contribution < 1.29 is 9.53 Å². The van der Waals surface area contributed by atoms with Gasteiger partial charge in [-0.1, -0.05) is 12.1 Å². The van der Waals surface area contributed by atoms with Crippen LogP contribution in [-0.4, -0.2) is 24.8 Å². The van der Waals surface area contributed by atoms with Gasteiger partial charge in [0.15, 0.2) is 0 Å². The zero-order valence-corrected chi connectivity index (χ0v) is 9.56. The van der Waals surface area contributed by atoms with E-state index in [-0.39, 0.29) is 6.09 Å². The fraction of sp³-hybridized carbons (Fsp3) is 0.417. The summed E-state index contributed by atoms with van der Waals surface area (Å²) in [7, 11) is 0. The molecule has 1 aromatic rings. The Bertz CT molecular complexity index is 419. The average molecular weight is 220 g/mol. The Kier molecular flexibility index (Phi) is 2.59. The summed E-state index contributed by atoms with van der Waals surface area (Å²) in [6.45, 7) is 4.68. The van der Waals surface area contributed by atoms with Gasteiger partial charge in [-0.05, 0) is 31.5 Å². The number of aryl methyl sites for hydroxylation is 1. The van der Waals surface area contributed by atoms with Crippen LogP contribution in [0.3, 0.4) is 0 Å². The highest BCUT2D eigenvalue weighted by Gasteiger charge is 2.40. The Morgan fingerprint density at radius 2 is 2.31 bits per heavy atom. The Hall–Kier alpha value is -1.55. The number of benzene rings is 1. The number of nitrogens with two attached hydrogens (primary N) is 1. The predicted octanol–water partition coefficient (Wildman–Crippen LogP) is 1.67. The normalized spacial score (nSPS) is 24.7. The third-order valence-corrected chi connectivity index (χ3v) is 2.79. The Morgan fingerprint density at radius 3 is 2.88 bits per heavy atom. The summed E-state index contributed by atoms with van der Waals surface area (Å²) in [5, 5.41) is 0. The number of ether oxygens (including phenoxy) is 1. The molecule has 2 rings (SSSR count). The number of carbonyl (C=O) groups excluding carboxylic acids is 1. The molecule has 1 aliphatic heterocycles. The number of hydrogen-bond acceptors (Lipinski definition) is 3. The number of carbonyl (C=O) groups is 1. The average Bonchev–Trinajstić information content (AvgIpc) is 2.55. The van der Waals surface area contributed by atoms with Gasteiger partial charge in [-0.15, -0.1) is 0 Å². The molecular formula is C12H16N2O2. The summed E-state index contributed by atoms with van der Waals surface area (Å²) in [6.07, 6.45) is -0.321. The molecule has 16 heavy (non-hydrogen) atoms.